The van der Waals surface area contributed by atoms with Gasteiger partial charge >= 0.3 is 12.4 Å². The van der Waals surface area contributed by atoms with Gasteiger partial charge in [0.25, 0.3) is 0 Å². The number of amides is 2. The number of benzene rings is 1. The third-order valence-corrected chi connectivity index (χ3v) is 4.14. The minimum Gasteiger partial charge on any atom is -0.406 e. The molecule has 0 radical (unpaired) electrons. The maximum atomic E-state index is 12.1. The zero-order chi connectivity index (χ0) is 17.7. The summed E-state index contributed by atoms with van der Waals surface area (Å²) in [5, 5.41) is 12.0. The molecule has 1 aliphatic rings. The lowest BCUT2D eigenvalue weighted by molar-refractivity contribution is -0.274. The number of aliphatic hydroxyl groups is 1. The van der Waals surface area contributed by atoms with Crippen LogP contribution in [0.5, 0.6) is 5.75 Å². The molecule has 2 amide bonds. The molecule has 2 atom stereocenters. The summed E-state index contributed by atoms with van der Waals surface area (Å²) < 4.78 is 40.0. The predicted molar refractivity (Wildman–Crippen MR) is 81.5 cm³/mol. The van der Waals surface area contributed by atoms with Crippen molar-refractivity contribution in [3.05, 3.63) is 29.8 Å². The molecule has 0 spiro atoms. The molecular weight excluding hydrogens is 325 g/mol. The van der Waals surface area contributed by atoms with Gasteiger partial charge in [-0.05, 0) is 30.0 Å². The summed E-state index contributed by atoms with van der Waals surface area (Å²) in [6, 6.07) is 5.38. The Morgan fingerprint density at radius 1 is 1.33 bits per heavy atom. The van der Waals surface area contributed by atoms with Gasteiger partial charge in [0.15, 0.2) is 0 Å². The van der Waals surface area contributed by atoms with Gasteiger partial charge in [-0.3, -0.25) is 0 Å². The number of alkyl halides is 3. The first kappa shape index (κ1) is 18.4. The Hall–Kier alpha value is -1.96. The number of halogens is 3. The average Bonchev–Trinajstić information content (AvgIpc) is 2.88. The minimum absolute atomic E-state index is 0.0668. The van der Waals surface area contributed by atoms with Gasteiger partial charge in [-0.1, -0.05) is 19.1 Å². The van der Waals surface area contributed by atoms with E-state index in [1.807, 2.05) is 6.92 Å². The maximum Gasteiger partial charge on any atom is 0.573 e. The highest BCUT2D eigenvalue weighted by Gasteiger charge is 2.32. The predicted octanol–water partition coefficient (Wildman–Crippen LogP) is 2.40. The lowest BCUT2D eigenvalue weighted by Crippen LogP contribution is -2.39. The molecule has 2 N–H and O–H groups in total. The van der Waals surface area contributed by atoms with Crippen LogP contribution in [0.15, 0.2) is 24.3 Å². The molecule has 1 aromatic carbocycles. The van der Waals surface area contributed by atoms with E-state index in [2.05, 4.69) is 10.1 Å². The maximum absolute atomic E-state index is 12.1. The van der Waals surface area contributed by atoms with Crippen LogP contribution in [-0.2, 0) is 6.42 Å². The van der Waals surface area contributed by atoms with Gasteiger partial charge in [-0.15, -0.1) is 13.2 Å². The van der Waals surface area contributed by atoms with Crippen LogP contribution in [0.1, 0.15) is 12.5 Å². The molecule has 0 aromatic heterocycles. The second kappa shape index (κ2) is 7.74. The Kier molecular flexibility index (Phi) is 5.93. The number of rotatable bonds is 5. The number of nitrogens with one attached hydrogen (secondary N) is 1. The summed E-state index contributed by atoms with van der Waals surface area (Å²) in [4.78, 5) is 13.7. The summed E-state index contributed by atoms with van der Waals surface area (Å²) in [6.07, 6.45) is -4.19. The normalized spacial score (nSPS) is 21.0. The van der Waals surface area contributed by atoms with E-state index in [0.29, 0.717) is 26.1 Å². The smallest absolute Gasteiger partial charge is 0.406 e. The van der Waals surface area contributed by atoms with Crippen LogP contribution >= 0.6 is 0 Å². The summed E-state index contributed by atoms with van der Waals surface area (Å²) in [5.74, 6) is 0.107. The highest BCUT2D eigenvalue weighted by atomic mass is 19.4. The summed E-state index contributed by atoms with van der Waals surface area (Å²) in [5.41, 5.74) is 0.799. The molecule has 0 unspecified atom stereocenters. The van der Waals surface area contributed by atoms with Crippen LogP contribution in [0.2, 0.25) is 0 Å². The second-order valence-corrected chi connectivity index (χ2v) is 6.00. The Balaban J connectivity index is 1.75. The van der Waals surface area contributed by atoms with Crippen LogP contribution < -0.4 is 10.1 Å². The molecule has 0 saturated carbocycles. The fourth-order valence-corrected chi connectivity index (χ4v) is 2.72. The van der Waals surface area contributed by atoms with Crippen molar-refractivity contribution in [2.45, 2.75) is 19.7 Å². The van der Waals surface area contributed by atoms with Crippen molar-refractivity contribution in [1.82, 2.24) is 10.2 Å². The molecule has 2 rings (SSSR count). The zero-order valence-corrected chi connectivity index (χ0v) is 13.3. The van der Waals surface area contributed by atoms with Crippen LogP contribution in [-0.4, -0.2) is 48.6 Å². The standard InChI is InChI=1S/C16H21F3N2O3/c1-11-8-21(9-13(11)10-22)15(23)20-7-6-12-2-4-14(5-3-12)24-16(17,18)19/h2-5,11,13,22H,6-10H2,1H3,(H,20,23)/t11-,13+/m1/s1. The van der Waals surface area contributed by atoms with E-state index in [-0.39, 0.29) is 30.2 Å². The number of aliphatic hydroxyl groups excluding tert-OH is 1. The molecule has 5 nitrogen and oxygen atoms in total. The van der Waals surface area contributed by atoms with E-state index in [4.69, 9.17) is 0 Å². The number of carbonyl (C=O) groups is 1. The largest absolute Gasteiger partial charge is 0.573 e. The molecule has 1 saturated heterocycles. The van der Waals surface area contributed by atoms with Gasteiger partial charge in [0.2, 0.25) is 0 Å². The quantitative estimate of drug-likeness (QED) is 0.861. The molecule has 1 fully saturated rings. The van der Waals surface area contributed by atoms with Crippen LogP contribution in [0.4, 0.5) is 18.0 Å². The minimum atomic E-state index is -4.70. The van der Waals surface area contributed by atoms with Crippen molar-refractivity contribution in [2.75, 3.05) is 26.2 Å². The van der Waals surface area contributed by atoms with E-state index < -0.39 is 6.36 Å². The molecular formula is C16H21F3N2O3. The lowest BCUT2D eigenvalue weighted by atomic mass is 10.00. The topological polar surface area (TPSA) is 61.8 Å². The van der Waals surface area contributed by atoms with Gasteiger partial charge in [0, 0.05) is 32.2 Å². The third-order valence-electron chi connectivity index (χ3n) is 4.14. The Labute approximate surface area is 138 Å². The monoisotopic (exact) mass is 346 g/mol. The van der Waals surface area contributed by atoms with Gasteiger partial charge < -0.3 is 20.1 Å². The molecule has 1 aliphatic heterocycles. The van der Waals surface area contributed by atoms with E-state index in [0.717, 1.165) is 5.56 Å². The van der Waals surface area contributed by atoms with Crippen LogP contribution in [0.25, 0.3) is 0 Å². The number of ether oxygens (including phenoxy) is 1. The Morgan fingerprint density at radius 2 is 2.00 bits per heavy atom. The highest BCUT2D eigenvalue weighted by molar-refractivity contribution is 5.74. The fraction of sp³-hybridized carbons (Fsp3) is 0.562. The highest BCUT2D eigenvalue weighted by Crippen LogP contribution is 2.23. The zero-order valence-electron chi connectivity index (χ0n) is 13.3. The molecule has 24 heavy (non-hydrogen) atoms. The first-order valence-electron chi connectivity index (χ1n) is 7.77. The average molecular weight is 346 g/mol. The second-order valence-electron chi connectivity index (χ2n) is 6.00. The Morgan fingerprint density at radius 3 is 2.54 bits per heavy atom. The molecule has 0 aliphatic carbocycles. The lowest BCUT2D eigenvalue weighted by Gasteiger charge is -2.17. The van der Waals surface area contributed by atoms with Crippen molar-refractivity contribution >= 4 is 6.03 Å². The number of hydrogen-bond acceptors (Lipinski definition) is 3. The number of likely N-dealkylation sites (tertiary alicyclic amines) is 1. The molecule has 134 valence electrons. The van der Waals surface area contributed by atoms with E-state index in [1.165, 1.54) is 24.3 Å². The Bertz CT molecular complexity index is 548. The van der Waals surface area contributed by atoms with Crippen LogP contribution in [0.3, 0.4) is 0 Å². The van der Waals surface area contributed by atoms with Gasteiger partial charge in [0.1, 0.15) is 5.75 Å². The number of carbonyl (C=O) groups excluding carboxylic acids is 1. The van der Waals surface area contributed by atoms with Crippen molar-refractivity contribution in [2.24, 2.45) is 11.8 Å². The van der Waals surface area contributed by atoms with E-state index >= 15 is 0 Å². The van der Waals surface area contributed by atoms with Gasteiger partial charge in [-0.2, -0.15) is 0 Å². The van der Waals surface area contributed by atoms with Crippen molar-refractivity contribution in [3.8, 4) is 5.75 Å². The van der Waals surface area contributed by atoms with E-state index in [9.17, 15) is 23.1 Å². The van der Waals surface area contributed by atoms with Gasteiger partial charge in [-0.25, -0.2) is 4.79 Å². The van der Waals surface area contributed by atoms with Crippen LogP contribution in [0, 0.1) is 11.8 Å². The van der Waals surface area contributed by atoms with Crippen molar-refractivity contribution in [3.63, 3.8) is 0 Å². The first-order chi connectivity index (χ1) is 11.3. The number of urea groups is 1. The molecule has 8 heteroatoms. The van der Waals surface area contributed by atoms with E-state index in [1.54, 1.807) is 4.90 Å². The summed E-state index contributed by atoms with van der Waals surface area (Å²) >= 11 is 0. The summed E-state index contributed by atoms with van der Waals surface area (Å²) in [6.45, 7) is 3.59. The number of nitrogens with zero attached hydrogens (tertiary/aromatic N) is 1. The molecule has 1 heterocycles. The van der Waals surface area contributed by atoms with Crippen molar-refractivity contribution in [1.29, 1.82) is 0 Å². The SMILES string of the molecule is C[C@@H]1CN(C(=O)NCCc2ccc(OC(F)(F)F)cc2)C[C@H]1CO. The fourth-order valence-electron chi connectivity index (χ4n) is 2.72. The third kappa shape index (κ3) is 5.30. The van der Waals surface area contributed by atoms with Crippen molar-refractivity contribution < 1.29 is 27.8 Å². The first-order valence-corrected chi connectivity index (χ1v) is 7.77. The molecule has 1 aromatic rings. The van der Waals surface area contributed by atoms with Gasteiger partial charge in [0.05, 0.1) is 0 Å². The molecule has 0 bridgehead atoms. The number of hydrogen-bond donors (Lipinski definition) is 2. The summed E-state index contributed by atoms with van der Waals surface area (Å²) in [7, 11) is 0.